The number of nitrogens with zero attached hydrogens (tertiary/aromatic N) is 1. The van der Waals surface area contributed by atoms with E-state index in [4.69, 9.17) is 9.84 Å². The van der Waals surface area contributed by atoms with Crippen LogP contribution in [-0.2, 0) is 19.1 Å². The van der Waals surface area contributed by atoms with Gasteiger partial charge in [0.05, 0.1) is 0 Å². The number of nitrogens with one attached hydrogen (secondary N) is 1. The number of hydrogen-bond acceptors (Lipinski definition) is 5. The van der Waals surface area contributed by atoms with E-state index in [1.807, 2.05) is 0 Å². The third-order valence-corrected chi connectivity index (χ3v) is 5.14. The maximum Gasteiger partial charge on any atom is 0.408 e. The Labute approximate surface area is 159 Å². The largest absolute Gasteiger partial charge is 0.481 e. The number of carbonyl (C=O) groups is 4. The lowest BCUT2D eigenvalue weighted by Gasteiger charge is -2.32. The van der Waals surface area contributed by atoms with Crippen molar-refractivity contribution in [1.29, 1.82) is 0 Å². The molecule has 1 atom stereocenters. The molecule has 1 aliphatic carbocycles. The molecule has 1 saturated heterocycles. The summed E-state index contributed by atoms with van der Waals surface area (Å²) in [5.41, 5.74) is -0.908. The van der Waals surface area contributed by atoms with E-state index in [0.717, 1.165) is 32.1 Å². The predicted molar refractivity (Wildman–Crippen MR) is 96.9 cm³/mol. The molecule has 1 aliphatic heterocycles. The minimum Gasteiger partial charge on any atom is -0.481 e. The summed E-state index contributed by atoms with van der Waals surface area (Å²) < 4.78 is 5.17. The Morgan fingerprint density at radius 2 is 1.85 bits per heavy atom. The Balaban J connectivity index is 2.09. The number of amides is 3. The number of carboxylic acid groups (broad SMARTS) is 1. The summed E-state index contributed by atoms with van der Waals surface area (Å²) in [7, 11) is 0. The second-order valence-corrected chi connectivity index (χ2v) is 8.69. The van der Waals surface area contributed by atoms with E-state index >= 15 is 0 Å². The Bertz CT molecular complexity index is 604. The number of ether oxygens (including phenoxy) is 1. The first kappa shape index (κ1) is 21.2. The van der Waals surface area contributed by atoms with Gasteiger partial charge in [-0.25, -0.2) is 4.79 Å². The van der Waals surface area contributed by atoms with Crippen LogP contribution in [0.3, 0.4) is 0 Å². The summed E-state index contributed by atoms with van der Waals surface area (Å²) in [4.78, 5) is 49.6. The van der Waals surface area contributed by atoms with Crippen molar-refractivity contribution in [3.63, 3.8) is 0 Å². The molecule has 1 heterocycles. The van der Waals surface area contributed by atoms with Gasteiger partial charge in [-0.3, -0.25) is 19.3 Å². The molecule has 0 bridgehead atoms. The van der Waals surface area contributed by atoms with Gasteiger partial charge in [0.2, 0.25) is 5.91 Å². The molecule has 2 N–H and O–H groups in total. The van der Waals surface area contributed by atoms with E-state index in [0.29, 0.717) is 13.0 Å². The van der Waals surface area contributed by atoms with Crippen LogP contribution in [0.1, 0.15) is 72.1 Å². The maximum absolute atomic E-state index is 12.9. The summed E-state index contributed by atoms with van der Waals surface area (Å²) >= 11 is 0. The fourth-order valence-electron chi connectivity index (χ4n) is 3.90. The van der Waals surface area contributed by atoms with Gasteiger partial charge in [0.25, 0.3) is 5.91 Å². The van der Waals surface area contributed by atoms with Gasteiger partial charge in [-0.1, -0.05) is 19.3 Å². The molecule has 152 valence electrons. The van der Waals surface area contributed by atoms with E-state index in [9.17, 15) is 19.2 Å². The Morgan fingerprint density at radius 1 is 1.22 bits per heavy atom. The van der Waals surface area contributed by atoms with Crippen LogP contribution in [0.2, 0.25) is 0 Å². The first-order valence-electron chi connectivity index (χ1n) is 9.57. The van der Waals surface area contributed by atoms with Crippen molar-refractivity contribution in [3.05, 3.63) is 0 Å². The van der Waals surface area contributed by atoms with Crippen molar-refractivity contribution in [3.8, 4) is 0 Å². The maximum atomic E-state index is 12.9. The molecule has 2 aliphatic rings. The van der Waals surface area contributed by atoms with Crippen molar-refractivity contribution < 1.29 is 29.0 Å². The number of carboxylic acids is 1. The van der Waals surface area contributed by atoms with Crippen molar-refractivity contribution in [2.75, 3.05) is 6.54 Å². The fraction of sp³-hybridized carbons (Fsp3) is 0.789. The molecule has 2 rings (SSSR count). The van der Waals surface area contributed by atoms with Gasteiger partial charge in [0.15, 0.2) is 0 Å². The van der Waals surface area contributed by atoms with Crippen LogP contribution in [0.4, 0.5) is 4.79 Å². The zero-order valence-corrected chi connectivity index (χ0v) is 16.4. The van der Waals surface area contributed by atoms with Gasteiger partial charge in [-0.2, -0.15) is 0 Å². The minimum absolute atomic E-state index is 0.0931. The zero-order valence-electron chi connectivity index (χ0n) is 16.4. The van der Waals surface area contributed by atoms with Crippen LogP contribution in [0, 0.1) is 5.41 Å². The summed E-state index contributed by atoms with van der Waals surface area (Å²) in [6.45, 7) is 5.43. The minimum atomic E-state index is -1.10. The molecule has 27 heavy (non-hydrogen) atoms. The molecule has 3 amide bonds. The monoisotopic (exact) mass is 382 g/mol. The first-order chi connectivity index (χ1) is 12.5. The number of carbonyl (C=O) groups excluding carboxylic acids is 3. The lowest BCUT2D eigenvalue weighted by atomic mass is 9.73. The average Bonchev–Trinajstić information content (AvgIpc) is 2.85. The summed E-state index contributed by atoms with van der Waals surface area (Å²) in [6, 6.07) is -1.10. The lowest BCUT2D eigenvalue weighted by Crippen LogP contribution is -2.50. The molecule has 0 aromatic heterocycles. The van der Waals surface area contributed by atoms with Crippen LogP contribution in [0.25, 0.3) is 0 Å². The highest BCUT2D eigenvalue weighted by Gasteiger charge is 2.47. The van der Waals surface area contributed by atoms with Crippen LogP contribution in [0.15, 0.2) is 0 Å². The Kier molecular flexibility index (Phi) is 6.49. The van der Waals surface area contributed by atoms with E-state index < -0.39 is 29.6 Å². The van der Waals surface area contributed by atoms with Gasteiger partial charge >= 0.3 is 12.1 Å². The molecule has 8 nitrogen and oxygen atoms in total. The molecule has 1 saturated carbocycles. The number of likely N-dealkylation sites (tertiary alicyclic amines) is 1. The second kappa shape index (κ2) is 8.27. The van der Waals surface area contributed by atoms with Crippen molar-refractivity contribution in [2.45, 2.75) is 83.8 Å². The van der Waals surface area contributed by atoms with Gasteiger partial charge in [-0.05, 0) is 45.4 Å². The highest BCUT2D eigenvalue weighted by atomic mass is 16.6. The molecule has 0 radical (unpaired) electrons. The number of aliphatic carboxylic acids is 1. The summed E-state index contributed by atoms with van der Waals surface area (Å²) in [6.07, 6.45) is 4.24. The smallest absolute Gasteiger partial charge is 0.408 e. The third kappa shape index (κ3) is 5.94. The number of alkyl carbamates (subject to hydrolysis) is 1. The van der Waals surface area contributed by atoms with Gasteiger partial charge in [-0.15, -0.1) is 0 Å². The van der Waals surface area contributed by atoms with Crippen LogP contribution in [-0.4, -0.2) is 52.1 Å². The third-order valence-electron chi connectivity index (χ3n) is 5.14. The SMILES string of the molecule is CC(C)(C)OC(=O)N[C@@H](CCC(=O)O)C(=O)N1CC2(CCCCC2)CC1=O. The van der Waals surface area contributed by atoms with Crippen LogP contribution >= 0.6 is 0 Å². The van der Waals surface area contributed by atoms with Crippen molar-refractivity contribution in [2.24, 2.45) is 5.41 Å². The van der Waals surface area contributed by atoms with E-state index in [-0.39, 0.29) is 24.2 Å². The van der Waals surface area contributed by atoms with Crippen LogP contribution < -0.4 is 5.32 Å². The highest BCUT2D eigenvalue weighted by Crippen LogP contribution is 2.44. The van der Waals surface area contributed by atoms with Gasteiger partial charge in [0.1, 0.15) is 11.6 Å². The molecular formula is C19H30N2O6. The normalized spacial score (nSPS) is 20.4. The van der Waals surface area contributed by atoms with E-state index in [2.05, 4.69) is 5.32 Å². The second-order valence-electron chi connectivity index (χ2n) is 8.69. The fourth-order valence-corrected chi connectivity index (χ4v) is 3.90. The Hall–Kier alpha value is -2.12. The number of imide groups is 1. The van der Waals surface area contributed by atoms with E-state index in [1.165, 1.54) is 4.90 Å². The first-order valence-corrected chi connectivity index (χ1v) is 9.57. The highest BCUT2D eigenvalue weighted by molar-refractivity contribution is 6.00. The molecule has 0 unspecified atom stereocenters. The van der Waals surface area contributed by atoms with Gasteiger partial charge in [0, 0.05) is 19.4 Å². The summed E-state index contributed by atoms with van der Waals surface area (Å²) in [5, 5.41) is 11.4. The average molecular weight is 382 g/mol. The molecule has 0 aromatic carbocycles. The molecule has 2 fully saturated rings. The quantitative estimate of drug-likeness (QED) is 0.755. The molecule has 8 heteroatoms. The number of rotatable bonds is 5. The zero-order chi connectivity index (χ0) is 20.2. The molecule has 1 spiro atoms. The predicted octanol–water partition coefficient (Wildman–Crippen LogP) is 2.45. The number of hydrogen-bond donors (Lipinski definition) is 2. The lowest BCUT2D eigenvalue weighted by molar-refractivity contribution is -0.143. The summed E-state index contributed by atoms with van der Waals surface area (Å²) in [5.74, 6) is -1.86. The topological polar surface area (TPSA) is 113 Å². The van der Waals surface area contributed by atoms with Crippen molar-refractivity contribution >= 4 is 23.9 Å². The van der Waals surface area contributed by atoms with Crippen molar-refractivity contribution in [1.82, 2.24) is 10.2 Å². The van der Waals surface area contributed by atoms with Gasteiger partial charge < -0.3 is 15.2 Å². The standard InChI is InChI=1S/C19H30N2O6/c1-18(2,3)27-17(26)20-13(7-8-15(23)24)16(25)21-12-19(11-14(21)22)9-5-4-6-10-19/h13H,4-12H2,1-3H3,(H,20,26)(H,23,24)/t13-/m0/s1. The van der Waals surface area contributed by atoms with Crippen LogP contribution in [0.5, 0.6) is 0 Å². The molecule has 0 aromatic rings. The van der Waals surface area contributed by atoms with E-state index in [1.54, 1.807) is 20.8 Å². The Morgan fingerprint density at radius 3 is 2.41 bits per heavy atom. The molecular weight excluding hydrogens is 352 g/mol.